The van der Waals surface area contributed by atoms with Crippen LogP contribution >= 0.6 is 11.6 Å². The van der Waals surface area contributed by atoms with Crippen molar-refractivity contribution in [2.24, 2.45) is 0 Å². The number of amides is 2. The maximum Gasteiger partial charge on any atom is 0.387 e. The molecular formula is C18H17ClF2N2O3. The third-order valence-electron chi connectivity index (χ3n) is 3.41. The van der Waals surface area contributed by atoms with Gasteiger partial charge in [0.2, 0.25) is 5.91 Å². The summed E-state index contributed by atoms with van der Waals surface area (Å²) in [5.74, 6) is -0.696. The summed E-state index contributed by atoms with van der Waals surface area (Å²) in [5.41, 5.74) is 1.15. The van der Waals surface area contributed by atoms with Crippen LogP contribution in [0.4, 0.5) is 8.78 Å². The molecule has 0 bridgehead atoms. The SMILES string of the molecule is O=C(CNC(=O)c1ccccc1Cl)NCCc1ccc(OC(F)F)cc1. The topological polar surface area (TPSA) is 67.4 Å². The van der Waals surface area contributed by atoms with Gasteiger partial charge in [-0.15, -0.1) is 0 Å². The molecule has 0 fully saturated rings. The van der Waals surface area contributed by atoms with Gasteiger partial charge in [-0.2, -0.15) is 8.78 Å². The highest BCUT2D eigenvalue weighted by atomic mass is 35.5. The largest absolute Gasteiger partial charge is 0.435 e. The zero-order valence-electron chi connectivity index (χ0n) is 13.7. The van der Waals surface area contributed by atoms with E-state index in [1.54, 1.807) is 36.4 Å². The summed E-state index contributed by atoms with van der Waals surface area (Å²) in [7, 11) is 0. The van der Waals surface area contributed by atoms with Gasteiger partial charge in [0.25, 0.3) is 5.91 Å². The molecule has 0 radical (unpaired) electrons. The third-order valence-corrected chi connectivity index (χ3v) is 3.74. The Bertz CT molecular complexity index is 754. The Morgan fingerprint density at radius 3 is 2.38 bits per heavy atom. The summed E-state index contributed by atoms with van der Waals surface area (Å²) < 4.78 is 28.4. The van der Waals surface area contributed by atoms with Crippen LogP contribution in [0.5, 0.6) is 5.75 Å². The summed E-state index contributed by atoms with van der Waals surface area (Å²) in [6.45, 7) is -2.69. The highest BCUT2D eigenvalue weighted by molar-refractivity contribution is 6.33. The van der Waals surface area contributed by atoms with Crippen molar-refractivity contribution in [1.29, 1.82) is 0 Å². The maximum atomic E-state index is 12.1. The average molecular weight is 383 g/mol. The van der Waals surface area contributed by atoms with Gasteiger partial charge >= 0.3 is 6.61 Å². The van der Waals surface area contributed by atoms with Crippen LogP contribution in [0.25, 0.3) is 0 Å². The van der Waals surface area contributed by atoms with E-state index in [2.05, 4.69) is 15.4 Å². The molecule has 0 saturated heterocycles. The normalized spacial score (nSPS) is 10.5. The molecule has 0 aliphatic carbocycles. The molecule has 0 unspecified atom stereocenters. The van der Waals surface area contributed by atoms with E-state index < -0.39 is 12.5 Å². The van der Waals surface area contributed by atoms with Gasteiger partial charge in [0.1, 0.15) is 5.75 Å². The number of carbonyl (C=O) groups is 2. The van der Waals surface area contributed by atoms with Crippen LogP contribution in [0.15, 0.2) is 48.5 Å². The minimum Gasteiger partial charge on any atom is -0.435 e. The number of ether oxygens (including phenoxy) is 1. The predicted molar refractivity (Wildman–Crippen MR) is 93.6 cm³/mol. The highest BCUT2D eigenvalue weighted by Crippen LogP contribution is 2.15. The van der Waals surface area contributed by atoms with Crippen LogP contribution in [0.1, 0.15) is 15.9 Å². The Labute approximate surface area is 154 Å². The summed E-state index contributed by atoms with van der Waals surface area (Å²) in [5, 5.41) is 5.46. The van der Waals surface area contributed by atoms with E-state index in [0.717, 1.165) is 5.56 Å². The van der Waals surface area contributed by atoms with Gasteiger partial charge < -0.3 is 15.4 Å². The van der Waals surface area contributed by atoms with Gasteiger partial charge in [-0.3, -0.25) is 9.59 Å². The minimum absolute atomic E-state index is 0.0788. The van der Waals surface area contributed by atoms with E-state index in [1.807, 2.05) is 0 Å². The van der Waals surface area contributed by atoms with Gasteiger partial charge in [-0.1, -0.05) is 35.9 Å². The molecule has 5 nitrogen and oxygen atoms in total. The number of halogens is 3. The van der Waals surface area contributed by atoms with Crippen LogP contribution in [-0.4, -0.2) is 31.5 Å². The second kappa shape index (κ2) is 9.72. The fourth-order valence-electron chi connectivity index (χ4n) is 2.15. The Hall–Kier alpha value is -2.67. The Kier molecular flexibility index (Phi) is 7.35. The third kappa shape index (κ3) is 6.33. The lowest BCUT2D eigenvalue weighted by molar-refractivity contribution is -0.120. The van der Waals surface area contributed by atoms with Gasteiger partial charge in [0, 0.05) is 6.54 Å². The number of hydrogen-bond acceptors (Lipinski definition) is 3. The standard InChI is InChI=1S/C18H17ClF2N2O3/c19-15-4-2-1-3-14(15)17(25)23-11-16(24)22-10-9-12-5-7-13(8-6-12)26-18(20)21/h1-8,18H,9-11H2,(H,22,24)(H,23,25). The summed E-state index contributed by atoms with van der Waals surface area (Å²) >= 11 is 5.91. The molecule has 0 aliphatic heterocycles. The lowest BCUT2D eigenvalue weighted by atomic mass is 10.1. The van der Waals surface area contributed by atoms with E-state index >= 15 is 0 Å². The van der Waals surface area contributed by atoms with Crippen LogP contribution in [0.2, 0.25) is 5.02 Å². The quantitative estimate of drug-likeness (QED) is 0.737. The highest BCUT2D eigenvalue weighted by Gasteiger charge is 2.10. The number of nitrogens with one attached hydrogen (secondary N) is 2. The van der Waals surface area contributed by atoms with Gasteiger partial charge in [0.15, 0.2) is 0 Å². The molecule has 0 aliphatic rings. The smallest absolute Gasteiger partial charge is 0.387 e. The second-order valence-electron chi connectivity index (χ2n) is 5.28. The van der Waals surface area contributed by atoms with Crippen molar-refractivity contribution in [3.05, 3.63) is 64.7 Å². The molecule has 0 atom stereocenters. The first kappa shape index (κ1) is 19.7. The van der Waals surface area contributed by atoms with Gasteiger partial charge in [0.05, 0.1) is 17.1 Å². The van der Waals surface area contributed by atoms with E-state index in [1.165, 1.54) is 12.1 Å². The number of alkyl halides is 2. The van der Waals surface area contributed by atoms with Gasteiger partial charge in [-0.05, 0) is 36.2 Å². The lowest BCUT2D eigenvalue weighted by Gasteiger charge is -2.09. The summed E-state index contributed by atoms with van der Waals surface area (Å²) in [4.78, 5) is 23.7. The van der Waals surface area contributed by atoms with Crippen molar-refractivity contribution in [2.75, 3.05) is 13.1 Å². The molecule has 2 N–H and O–H groups in total. The van der Waals surface area contributed by atoms with E-state index in [0.29, 0.717) is 23.6 Å². The number of carbonyl (C=O) groups excluding carboxylic acids is 2. The Balaban J connectivity index is 1.70. The van der Waals surface area contributed by atoms with Crippen molar-refractivity contribution in [2.45, 2.75) is 13.0 Å². The van der Waals surface area contributed by atoms with E-state index in [9.17, 15) is 18.4 Å². The van der Waals surface area contributed by atoms with Crippen LogP contribution in [-0.2, 0) is 11.2 Å². The number of benzene rings is 2. The van der Waals surface area contributed by atoms with Crippen molar-refractivity contribution in [3.8, 4) is 5.75 Å². The van der Waals surface area contributed by atoms with E-state index in [4.69, 9.17) is 11.6 Å². The molecule has 2 rings (SSSR count). The minimum atomic E-state index is -2.86. The van der Waals surface area contributed by atoms with Crippen molar-refractivity contribution < 1.29 is 23.1 Å². The first-order valence-electron chi connectivity index (χ1n) is 7.79. The van der Waals surface area contributed by atoms with Crippen LogP contribution in [0.3, 0.4) is 0 Å². The summed E-state index contributed by atoms with van der Waals surface area (Å²) in [6.07, 6.45) is 0.513. The molecule has 0 spiro atoms. The van der Waals surface area contributed by atoms with Crippen molar-refractivity contribution in [3.63, 3.8) is 0 Å². The summed E-state index contributed by atoms with van der Waals surface area (Å²) in [6, 6.07) is 12.7. The number of rotatable bonds is 8. The zero-order chi connectivity index (χ0) is 18.9. The van der Waals surface area contributed by atoms with Crippen LogP contribution < -0.4 is 15.4 Å². The molecule has 26 heavy (non-hydrogen) atoms. The Morgan fingerprint density at radius 2 is 1.73 bits per heavy atom. The molecule has 0 saturated carbocycles. The van der Waals surface area contributed by atoms with Gasteiger partial charge in [-0.25, -0.2) is 0 Å². The monoisotopic (exact) mass is 382 g/mol. The fraction of sp³-hybridized carbons (Fsp3) is 0.222. The lowest BCUT2D eigenvalue weighted by Crippen LogP contribution is -2.37. The fourth-order valence-corrected chi connectivity index (χ4v) is 2.37. The van der Waals surface area contributed by atoms with Crippen LogP contribution in [0, 0.1) is 0 Å². The average Bonchev–Trinajstić information content (AvgIpc) is 2.61. The molecule has 138 valence electrons. The van der Waals surface area contributed by atoms with E-state index in [-0.39, 0.29) is 18.2 Å². The first-order chi connectivity index (χ1) is 12.5. The van der Waals surface area contributed by atoms with Crippen molar-refractivity contribution >= 4 is 23.4 Å². The molecule has 2 aromatic carbocycles. The zero-order valence-corrected chi connectivity index (χ0v) is 14.4. The predicted octanol–water partition coefficient (Wildman–Crippen LogP) is 3.03. The molecular weight excluding hydrogens is 366 g/mol. The molecule has 8 heteroatoms. The maximum absolute atomic E-state index is 12.1. The molecule has 2 aromatic rings. The molecule has 0 heterocycles. The molecule has 0 aromatic heterocycles. The molecule has 2 amide bonds. The second-order valence-corrected chi connectivity index (χ2v) is 5.69. The van der Waals surface area contributed by atoms with Crippen molar-refractivity contribution in [1.82, 2.24) is 10.6 Å². The first-order valence-corrected chi connectivity index (χ1v) is 8.16. The number of hydrogen-bond donors (Lipinski definition) is 2. The Morgan fingerprint density at radius 1 is 1.04 bits per heavy atom.